The second-order valence-electron chi connectivity index (χ2n) is 8.75. The number of likely N-dealkylation sites (tertiary alicyclic amines) is 1. The van der Waals surface area contributed by atoms with Crippen molar-refractivity contribution < 1.29 is 5.11 Å². The third-order valence-electron chi connectivity index (χ3n) is 6.59. The lowest BCUT2D eigenvalue weighted by molar-refractivity contribution is 0.0952. The van der Waals surface area contributed by atoms with E-state index < -0.39 is 0 Å². The van der Waals surface area contributed by atoms with Crippen molar-refractivity contribution in [2.24, 2.45) is 5.92 Å². The van der Waals surface area contributed by atoms with Gasteiger partial charge >= 0.3 is 0 Å². The van der Waals surface area contributed by atoms with Crippen molar-refractivity contribution in [1.29, 1.82) is 0 Å². The lowest BCUT2D eigenvalue weighted by Crippen LogP contribution is -2.48. The normalized spacial score (nSPS) is 21.6. The summed E-state index contributed by atoms with van der Waals surface area (Å²) in [4.78, 5) is 20.8. The van der Waals surface area contributed by atoms with E-state index in [9.17, 15) is 9.90 Å². The van der Waals surface area contributed by atoms with E-state index >= 15 is 0 Å². The highest BCUT2D eigenvalue weighted by molar-refractivity contribution is 7.17. The van der Waals surface area contributed by atoms with Crippen LogP contribution in [-0.4, -0.2) is 42.3 Å². The molecule has 5 heterocycles. The number of hydrogen-bond acceptors (Lipinski definition) is 6. The molecule has 32 heavy (non-hydrogen) atoms. The Morgan fingerprint density at radius 3 is 2.84 bits per heavy atom. The molecule has 3 atom stereocenters. The highest BCUT2D eigenvalue weighted by atomic mass is 35.5. The van der Waals surface area contributed by atoms with Gasteiger partial charge in [0.15, 0.2) is 0 Å². The van der Waals surface area contributed by atoms with E-state index in [0.29, 0.717) is 21.7 Å². The first kappa shape index (κ1) is 20.0. The Hall–Kier alpha value is -2.68. The quantitative estimate of drug-likeness (QED) is 0.495. The molecule has 1 saturated heterocycles. The molecule has 1 N–H and O–H groups in total. The van der Waals surface area contributed by atoms with Crippen LogP contribution in [0.1, 0.15) is 40.3 Å². The number of pyridine rings is 1. The zero-order valence-corrected chi connectivity index (χ0v) is 19.1. The number of aromatic hydroxyl groups is 1. The maximum atomic E-state index is 12.4. The maximum Gasteiger partial charge on any atom is 0.250 e. The topological polar surface area (TPSA) is 75.7 Å². The number of aryl methyl sites for hydroxylation is 1. The van der Waals surface area contributed by atoms with Gasteiger partial charge < -0.3 is 9.67 Å². The SMILES string of the molecule is Cc1nc2sc(C(c3cccc(Cl)c3)N3CC4CC(C3)c3cccc(=O)n3C4)c(O)n2n1. The molecule has 0 spiro atoms. The summed E-state index contributed by atoms with van der Waals surface area (Å²) in [5.74, 6) is 1.40. The first-order valence-electron chi connectivity index (χ1n) is 10.7. The van der Waals surface area contributed by atoms with Crippen LogP contribution in [0, 0.1) is 12.8 Å². The minimum atomic E-state index is -0.171. The van der Waals surface area contributed by atoms with Gasteiger partial charge in [-0.3, -0.25) is 9.69 Å². The van der Waals surface area contributed by atoms with Gasteiger partial charge in [-0.15, -0.1) is 5.10 Å². The molecule has 1 aromatic carbocycles. The standard InChI is InChI=1S/C23H22ClN5O2S/c1-13-25-23-29(26-13)22(31)21(32-23)20(15-4-2-5-17(24)9-15)27-10-14-8-16(12-27)18-6-3-7-19(30)28(18)11-14/h2-7,9,14,16,20,31H,8,10-12H2,1H3. The number of fused-ring (bicyclic) bond motifs is 5. The summed E-state index contributed by atoms with van der Waals surface area (Å²) >= 11 is 7.83. The highest BCUT2D eigenvalue weighted by Gasteiger charge is 2.39. The van der Waals surface area contributed by atoms with Crippen LogP contribution in [-0.2, 0) is 6.54 Å². The number of rotatable bonds is 3. The Kier molecular flexibility index (Phi) is 4.64. The van der Waals surface area contributed by atoms with Gasteiger partial charge in [0, 0.05) is 42.3 Å². The summed E-state index contributed by atoms with van der Waals surface area (Å²) in [6.07, 6.45) is 1.07. The van der Waals surface area contributed by atoms with Crippen molar-refractivity contribution in [2.45, 2.75) is 31.8 Å². The van der Waals surface area contributed by atoms with E-state index in [1.54, 1.807) is 6.07 Å². The van der Waals surface area contributed by atoms with E-state index in [2.05, 4.69) is 27.1 Å². The molecule has 9 heteroatoms. The lowest BCUT2D eigenvalue weighted by atomic mass is 9.82. The molecule has 0 aliphatic carbocycles. The van der Waals surface area contributed by atoms with Gasteiger partial charge in [-0.2, -0.15) is 4.52 Å². The molecular weight excluding hydrogens is 446 g/mol. The third kappa shape index (κ3) is 3.17. The summed E-state index contributed by atoms with van der Waals surface area (Å²) in [6.45, 7) is 4.17. The smallest absolute Gasteiger partial charge is 0.250 e. The Balaban J connectivity index is 1.46. The Bertz CT molecular complexity index is 1390. The van der Waals surface area contributed by atoms with E-state index in [0.717, 1.165) is 42.2 Å². The summed E-state index contributed by atoms with van der Waals surface area (Å²) in [7, 11) is 0. The number of halogens is 1. The minimum Gasteiger partial charge on any atom is -0.492 e. The maximum absolute atomic E-state index is 12.4. The molecule has 0 saturated carbocycles. The second-order valence-corrected chi connectivity index (χ2v) is 10.2. The van der Waals surface area contributed by atoms with Crippen molar-refractivity contribution in [3.8, 4) is 5.88 Å². The first-order valence-corrected chi connectivity index (χ1v) is 11.9. The predicted molar refractivity (Wildman–Crippen MR) is 124 cm³/mol. The summed E-state index contributed by atoms with van der Waals surface area (Å²) < 4.78 is 3.46. The molecule has 3 aromatic heterocycles. The fraction of sp³-hybridized carbons (Fsp3) is 0.348. The molecule has 7 nitrogen and oxygen atoms in total. The summed E-state index contributed by atoms with van der Waals surface area (Å²) in [6, 6.07) is 13.2. The van der Waals surface area contributed by atoms with Crippen LogP contribution >= 0.6 is 22.9 Å². The number of thiazole rings is 1. The molecule has 2 aliphatic rings. The van der Waals surface area contributed by atoms with E-state index in [4.69, 9.17) is 11.6 Å². The number of piperidine rings is 1. The molecule has 6 rings (SSSR count). The molecular formula is C23H22ClN5O2S. The van der Waals surface area contributed by atoms with Gasteiger partial charge in [-0.25, -0.2) is 4.98 Å². The predicted octanol–water partition coefficient (Wildman–Crippen LogP) is 3.83. The van der Waals surface area contributed by atoms with Crippen molar-refractivity contribution in [3.63, 3.8) is 0 Å². The van der Waals surface area contributed by atoms with Crippen LogP contribution in [0.4, 0.5) is 0 Å². The van der Waals surface area contributed by atoms with Gasteiger partial charge in [0.1, 0.15) is 5.82 Å². The molecule has 2 aliphatic heterocycles. The second kappa shape index (κ2) is 7.43. The number of aromatic nitrogens is 4. The Morgan fingerprint density at radius 2 is 2.03 bits per heavy atom. The van der Waals surface area contributed by atoms with Gasteiger partial charge in [0.25, 0.3) is 5.56 Å². The fourth-order valence-electron chi connectivity index (χ4n) is 5.38. The van der Waals surface area contributed by atoms with Crippen molar-refractivity contribution >= 4 is 27.9 Å². The Morgan fingerprint density at radius 1 is 1.19 bits per heavy atom. The molecule has 3 unspecified atom stereocenters. The van der Waals surface area contributed by atoms with Crippen LogP contribution in [0.15, 0.2) is 47.3 Å². The van der Waals surface area contributed by atoms with Crippen molar-refractivity contribution in [2.75, 3.05) is 13.1 Å². The summed E-state index contributed by atoms with van der Waals surface area (Å²) in [5, 5.41) is 16.1. The van der Waals surface area contributed by atoms with Crippen LogP contribution < -0.4 is 5.56 Å². The Labute approximate surface area is 193 Å². The lowest BCUT2D eigenvalue weighted by Gasteiger charge is -2.45. The van der Waals surface area contributed by atoms with Crippen LogP contribution in [0.3, 0.4) is 0 Å². The zero-order chi connectivity index (χ0) is 22.0. The van der Waals surface area contributed by atoms with Crippen LogP contribution in [0.5, 0.6) is 5.88 Å². The van der Waals surface area contributed by atoms with Gasteiger partial charge in [-0.1, -0.05) is 41.1 Å². The first-order chi connectivity index (χ1) is 15.5. The molecule has 0 amide bonds. The molecule has 2 bridgehead atoms. The number of benzene rings is 1. The number of hydrogen-bond donors (Lipinski definition) is 1. The zero-order valence-electron chi connectivity index (χ0n) is 17.5. The van der Waals surface area contributed by atoms with Crippen LogP contribution in [0.25, 0.3) is 4.96 Å². The fourth-order valence-corrected chi connectivity index (χ4v) is 6.74. The minimum absolute atomic E-state index is 0.0793. The van der Waals surface area contributed by atoms with Crippen LogP contribution in [0.2, 0.25) is 5.02 Å². The van der Waals surface area contributed by atoms with E-state index in [-0.39, 0.29) is 23.4 Å². The number of nitrogens with zero attached hydrogens (tertiary/aromatic N) is 5. The summed E-state index contributed by atoms with van der Waals surface area (Å²) in [5.41, 5.74) is 2.21. The monoisotopic (exact) mass is 467 g/mol. The molecule has 164 valence electrons. The van der Waals surface area contributed by atoms with Gasteiger partial charge in [0.2, 0.25) is 10.8 Å². The average molecular weight is 468 g/mol. The molecule has 0 radical (unpaired) electrons. The van der Waals surface area contributed by atoms with Crippen molar-refractivity contribution in [3.05, 3.63) is 79.8 Å². The molecule has 1 fully saturated rings. The third-order valence-corrected chi connectivity index (χ3v) is 7.90. The highest BCUT2D eigenvalue weighted by Crippen LogP contribution is 2.45. The largest absolute Gasteiger partial charge is 0.492 e. The van der Waals surface area contributed by atoms with Gasteiger partial charge in [-0.05, 0) is 43.0 Å². The average Bonchev–Trinajstić information content (AvgIpc) is 3.26. The van der Waals surface area contributed by atoms with Gasteiger partial charge in [0.05, 0.1) is 10.9 Å². The van der Waals surface area contributed by atoms with E-state index in [1.165, 1.54) is 15.9 Å². The van der Waals surface area contributed by atoms with Crippen molar-refractivity contribution in [1.82, 2.24) is 24.1 Å². The van der Waals surface area contributed by atoms with E-state index in [1.807, 2.05) is 35.8 Å². The molecule has 4 aromatic rings.